The van der Waals surface area contributed by atoms with E-state index in [0.717, 1.165) is 21.9 Å². The van der Waals surface area contributed by atoms with Crippen molar-refractivity contribution < 1.29 is 14.3 Å². The average Bonchev–Trinajstić information content (AvgIpc) is 2.67. The number of carbonyl (C=O) groups is 2. The lowest BCUT2D eigenvalue weighted by molar-refractivity contribution is -0.124. The summed E-state index contributed by atoms with van der Waals surface area (Å²) in [5, 5.41) is 5.06. The van der Waals surface area contributed by atoms with Crippen molar-refractivity contribution in [2.45, 2.75) is 19.9 Å². The largest absolute Gasteiger partial charge is 0.452 e. The third-order valence-corrected chi connectivity index (χ3v) is 4.55. The minimum atomic E-state index is -0.607. The van der Waals surface area contributed by atoms with Crippen molar-refractivity contribution in [1.82, 2.24) is 5.32 Å². The summed E-state index contributed by atoms with van der Waals surface area (Å²) in [7, 11) is 0. The summed E-state index contributed by atoms with van der Waals surface area (Å²) in [6.07, 6.45) is 0. The number of esters is 1. The normalized spacial score (nSPS) is 11.8. The first-order chi connectivity index (χ1) is 13.0. The molecule has 3 N–H and O–H groups in total. The minimum Gasteiger partial charge on any atom is -0.452 e. The first kappa shape index (κ1) is 18.5. The van der Waals surface area contributed by atoms with E-state index in [0.29, 0.717) is 5.69 Å². The van der Waals surface area contributed by atoms with E-state index < -0.39 is 5.97 Å². The third-order valence-electron chi connectivity index (χ3n) is 4.55. The molecular weight excluding hydrogens is 340 g/mol. The molecule has 0 aliphatic heterocycles. The predicted octanol–water partition coefficient (Wildman–Crippen LogP) is 3.76. The van der Waals surface area contributed by atoms with Crippen LogP contribution in [-0.2, 0) is 9.53 Å². The maximum atomic E-state index is 12.2. The topological polar surface area (TPSA) is 81.4 Å². The second-order valence-electron chi connectivity index (χ2n) is 6.47. The van der Waals surface area contributed by atoms with Crippen LogP contribution in [0.2, 0.25) is 0 Å². The Bertz CT molecular complexity index is 993. The van der Waals surface area contributed by atoms with Crippen molar-refractivity contribution in [3.63, 3.8) is 0 Å². The number of benzene rings is 3. The van der Waals surface area contributed by atoms with Crippen molar-refractivity contribution in [2.75, 3.05) is 12.3 Å². The number of amides is 1. The molecule has 0 aromatic heterocycles. The summed E-state index contributed by atoms with van der Waals surface area (Å²) < 4.78 is 5.12. The van der Waals surface area contributed by atoms with Gasteiger partial charge in [-0.05, 0) is 41.8 Å². The summed E-state index contributed by atoms with van der Waals surface area (Å²) in [4.78, 5) is 24.4. The van der Waals surface area contributed by atoms with E-state index in [9.17, 15) is 9.59 Å². The molecule has 1 atom stereocenters. The second-order valence-corrected chi connectivity index (χ2v) is 6.47. The summed E-state index contributed by atoms with van der Waals surface area (Å²) in [6, 6.07) is 18.9. The van der Waals surface area contributed by atoms with Crippen LogP contribution in [0.3, 0.4) is 0 Å². The fraction of sp³-hybridized carbons (Fsp3) is 0.182. The number of rotatable bonds is 5. The molecule has 138 valence electrons. The van der Waals surface area contributed by atoms with Gasteiger partial charge in [-0.25, -0.2) is 4.79 Å². The Hall–Kier alpha value is -3.34. The molecule has 0 heterocycles. The van der Waals surface area contributed by atoms with E-state index in [4.69, 9.17) is 10.5 Å². The van der Waals surface area contributed by atoms with Gasteiger partial charge in [-0.3, -0.25) is 4.79 Å². The van der Waals surface area contributed by atoms with Crippen LogP contribution in [-0.4, -0.2) is 18.5 Å². The van der Waals surface area contributed by atoms with Gasteiger partial charge >= 0.3 is 5.97 Å². The number of nitrogens with one attached hydrogen (secondary N) is 1. The molecule has 5 nitrogen and oxygen atoms in total. The molecule has 5 heteroatoms. The van der Waals surface area contributed by atoms with Crippen molar-refractivity contribution >= 4 is 28.3 Å². The van der Waals surface area contributed by atoms with E-state index in [-0.39, 0.29) is 24.1 Å². The highest BCUT2D eigenvalue weighted by atomic mass is 16.5. The number of nitrogens with two attached hydrogens (primary N) is 1. The predicted molar refractivity (Wildman–Crippen MR) is 106 cm³/mol. The first-order valence-corrected chi connectivity index (χ1v) is 8.76. The molecule has 0 bridgehead atoms. The molecule has 0 aliphatic rings. The molecule has 1 amide bonds. The van der Waals surface area contributed by atoms with Gasteiger partial charge in [0.25, 0.3) is 5.91 Å². The molecule has 0 fully saturated rings. The number of aryl methyl sites for hydroxylation is 1. The molecule has 0 saturated carbocycles. The van der Waals surface area contributed by atoms with Crippen LogP contribution >= 0.6 is 0 Å². The maximum Gasteiger partial charge on any atom is 0.340 e. The summed E-state index contributed by atoms with van der Waals surface area (Å²) in [5.41, 5.74) is 8.33. The van der Waals surface area contributed by atoms with Gasteiger partial charge < -0.3 is 15.8 Å². The third kappa shape index (κ3) is 4.08. The van der Waals surface area contributed by atoms with Gasteiger partial charge in [0, 0.05) is 5.69 Å². The number of carbonyl (C=O) groups excluding carboxylic acids is 2. The Morgan fingerprint density at radius 1 is 1.04 bits per heavy atom. The Morgan fingerprint density at radius 3 is 2.56 bits per heavy atom. The number of hydrogen-bond donors (Lipinski definition) is 2. The summed E-state index contributed by atoms with van der Waals surface area (Å²) in [5.74, 6) is -0.973. The molecule has 0 aliphatic carbocycles. The van der Waals surface area contributed by atoms with Gasteiger partial charge in [0.2, 0.25) is 0 Å². The Balaban J connectivity index is 1.63. The summed E-state index contributed by atoms with van der Waals surface area (Å²) in [6.45, 7) is 3.35. The zero-order chi connectivity index (χ0) is 19.4. The highest BCUT2D eigenvalue weighted by molar-refractivity contribution is 5.97. The first-order valence-electron chi connectivity index (χ1n) is 8.76. The number of anilines is 1. The Morgan fingerprint density at radius 2 is 1.74 bits per heavy atom. The van der Waals surface area contributed by atoms with Crippen LogP contribution in [0.5, 0.6) is 0 Å². The average molecular weight is 362 g/mol. The van der Waals surface area contributed by atoms with Crippen LogP contribution in [0.15, 0.2) is 60.7 Å². The van der Waals surface area contributed by atoms with Crippen molar-refractivity contribution in [2.24, 2.45) is 0 Å². The lowest BCUT2D eigenvalue weighted by Gasteiger charge is -2.17. The lowest BCUT2D eigenvalue weighted by Crippen LogP contribution is -2.31. The van der Waals surface area contributed by atoms with Crippen molar-refractivity contribution in [3.05, 3.63) is 77.4 Å². The second kappa shape index (κ2) is 7.91. The van der Waals surface area contributed by atoms with E-state index in [1.165, 1.54) is 0 Å². The van der Waals surface area contributed by atoms with Gasteiger partial charge in [-0.15, -0.1) is 0 Å². The molecule has 27 heavy (non-hydrogen) atoms. The van der Waals surface area contributed by atoms with E-state index >= 15 is 0 Å². The minimum absolute atomic E-state index is 0.216. The molecule has 3 rings (SSSR count). The van der Waals surface area contributed by atoms with Crippen LogP contribution < -0.4 is 11.1 Å². The van der Waals surface area contributed by atoms with Crippen LogP contribution in [0.1, 0.15) is 34.5 Å². The molecule has 3 aromatic carbocycles. The van der Waals surface area contributed by atoms with Gasteiger partial charge in [0.1, 0.15) is 0 Å². The quantitative estimate of drug-likeness (QED) is 0.535. The molecule has 3 aromatic rings. The van der Waals surface area contributed by atoms with E-state index in [1.807, 2.05) is 62.4 Å². The Labute approximate surface area is 158 Å². The number of nitrogen functional groups attached to an aromatic ring is 1. The van der Waals surface area contributed by atoms with Gasteiger partial charge in [-0.1, -0.05) is 54.6 Å². The molecular formula is C22H22N2O3. The smallest absolute Gasteiger partial charge is 0.340 e. The van der Waals surface area contributed by atoms with Gasteiger partial charge in [0.15, 0.2) is 6.61 Å². The Kier molecular flexibility index (Phi) is 5.41. The fourth-order valence-electron chi connectivity index (χ4n) is 3.06. The van der Waals surface area contributed by atoms with Crippen LogP contribution in [0, 0.1) is 6.92 Å². The zero-order valence-electron chi connectivity index (χ0n) is 15.4. The number of ether oxygens (including phenoxy) is 1. The summed E-state index contributed by atoms with van der Waals surface area (Å²) >= 11 is 0. The number of para-hydroxylation sites is 1. The lowest BCUT2D eigenvalue weighted by atomic mass is 10.00. The molecule has 0 radical (unpaired) electrons. The highest BCUT2D eigenvalue weighted by Crippen LogP contribution is 2.24. The molecule has 0 spiro atoms. The highest BCUT2D eigenvalue weighted by Gasteiger charge is 2.16. The number of hydrogen-bond acceptors (Lipinski definition) is 4. The van der Waals surface area contributed by atoms with E-state index in [2.05, 4.69) is 5.32 Å². The standard InChI is InChI=1S/C22H22N2O3/c1-14-7-5-12-19(21(14)23)22(26)27-13-20(25)24-15(2)17-11-6-9-16-8-3-4-10-18(16)17/h3-12,15H,13,23H2,1-2H3,(H,24,25)/t15-/m0/s1. The maximum absolute atomic E-state index is 12.2. The van der Waals surface area contributed by atoms with Gasteiger partial charge in [0.05, 0.1) is 11.6 Å². The SMILES string of the molecule is Cc1cccc(C(=O)OCC(=O)N[C@@H](C)c2cccc3ccccc23)c1N. The zero-order valence-corrected chi connectivity index (χ0v) is 15.4. The van der Waals surface area contributed by atoms with Gasteiger partial charge in [-0.2, -0.15) is 0 Å². The monoisotopic (exact) mass is 362 g/mol. The fourth-order valence-corrected chi connectivity index (χ4v) is 3.06. The number of fused-ring (bicyclic) bond motifs is 1. The van der Waals surface area contributed by atoms with Crippen LogP contribution in [0.25, 0.3) is 10.8 Å². The molecule has 0 unspecified atom stereocenters. The van der Waals surface area contributed by atoms with Crippen molar-refractivity contribution in [1.29, 1.82) is 0 Å². The van der Waals surface area contributed by atoms with E-state index in [1.54, 1.807) is 12.1 Å². The molecule has 0 saturated heterocycles. The van der Waals surface area contributed by atoms with Crippen molar-refractivity contribution in [3.8, 4) is 0 Å². The van der Waals surface area contributed by atoms with Crippen LogP contribution in [0.4, 0.5) is 5.69 Å².